The number of carbonyl (C=O) groups excluding carboxylic acids is 1. The van der Waals surface area contributed by atoms with E-state index in [2.05, 4.69) is 31.4 Å². The minimum absolute atomic E-state index is 0.209. The highest BCUT2D eigenvalue weighted by Gasteiger charge is 2.21. The zero-order valence-corrected chi connectivity index (χ0v) is 16.3. The quantitative estimate of drug-likeness (QED) is 0.576. The third kappa shape index (κ3) is 3.88. The topological polar surface area (TPSA) is 62.7 Å². The van der Waals surface area contributed by atoms with E-state index in [1.54, 1.807) is 17.6 Å². The number of amides is 1. The number of H-pyrrole nitrogens is 1. The third-order valence-corrected chi connectivity index (χ3v) is 5.60. The first kappa shape index (κ1) is 18.0. The molecular weight excluding hydrogens is 427 g/mol. The Bertz CT molecular complexity index is 951. The number of halogens is 2. The van der Waals surface area contributed by atoms with Crippen LogP contribution >= 0.6 is 39.5 Å². The van der Waals surface area contributed by atoms with E-state index in [9.17, 15) is 9.18 Å². The third-order valence-electron chi connectivity index (χ3n) is 3.67. The van der Waals surface area contributed by atoms with Crippen molar-refractivity contribution in [3.8, 4) is 10.7 Å². The fraction of sp³-hybridized carbons (Fsp3) is 0.188. The van der Waals surface area contributed by atoms with E-state index in [1.807, 2.05) is 17.5 Å². The lowest BCUT2D eigenvalue weighted by Crippen LogP contribution is -2.31. The summed E-state index contributed by atoms with van der Waals surface area (Å²) in [5, 5.41) is 11.7. The predicted octanol–water partition coefficient (Wildman–Crippen LogP) is 4.45. The van der Waals surface area contributed by atoms with Crippen LogP contribution in [0.15, 0.2) is 40.2 Å². The van der Waals surface area contributed by atoms with Crippen LogP contribution in [0.5, 0.6) is 0 Å². The van der Waals surface area contributed by atoms with Crippen molar-refractivity contribution in [2.24, 2.45) is 0 Å². The van der Waals surface area contributed by atoms with Crippen LogP contribution in [0.4, 0.5) is 4.39 Å². The number of thiophene rings is 1. The maximum Gasteiger partial charge on any atom is 0.243 e. The SMILES string of the molecule is CC(C(=O)NCc1cc(F)ccc1Br)n1c(-c2cccs2)n[nH]c1=S. The molecule has 0 bridgehead atoms. The van der Waals surface area contributed by atoms with Gasteiger partial charge in [0.15, 0.2) is 10.6 Å². The molecule has 0 aliphatic rings. The molecule has 0 saturated heterocycles. The van der Waals surface area contributed by atoms with Crippen molar-refractivity contribution in [3.05, 3.63) is 56.3 Å². The van der Waals surface area contributed by atoms with Crippen LogP contribution in [0, 0.1) is 10.6 Å². The van der Waals surface area contributed by atoms with Gasteiger partial charge in [0, 0.05) is 11.0 Å². The van der Waals surface area contributed by atoms with E-state index in [0.29, 0.717) is 16.2 Å². The van der Waals surface area contributed by atoms with Crippen molar-refractivity contribution in [1.29, 1.82) is 0 Å². The molecule has 5 nitrogen and oxygen atoms in total. The number of benzene rings is 1. The average molecular weight is 441 g/mol. The number of aromatic amines is 1. The zero-order valence-electron chi connectivity index (χ0n) is 13.1. The van der Waals surface area contributed by atoms with Crippen molar-refractivity contribution in [3.63, 3.8) is 0 Å². The van der Waals surface area contributed by atoms with E-state index in [0.717, 1.165) is 9.35 Å². The first-order valence-corrected chi connectivity index (χ1v) is 9.48. The van der Waals surface area contributed by atoms with Crippen LogP contribution in [-0.2, 0) is 11.3 Å². The van der Waals surface area contributed by atoms with Crippen LogP contribution in [0.2, 0.25) is 0 Å². The van der Waals surface area contributed by atoms with Crippen LogP contribution in [0.1, 0.15) is 18.5 Å². The van der Waals surface area contributed by atoms with E-state index in [-0.39, 0.29) is 18.3 Å². The number of nitrogens with one attached hydrogen (secondary N) is 2. The summed E-state index contributed by atoms with van der Waals surface area (Å²) >= 11 is 10.1. The van der Waals surface area contributed by atoms with Gasteiger partial charge in [0.25, 0.3) is 0 Å². The lowest BCUT2D eigenvalue weighted by Gasteiger charge is -2.15. The largest absolute Gasteiger partial charge is 0.350 e. The summed E-state index contributed by atoms with van der Waals surface area (Å²) in [7, 11) is 0. The molecule has 0 aliphatic carbocycles. The van der Waals surface area contributed by atoms with Gasteiger partial charge in [-0.15, -0.1) is 11.3 Å². The Hall–Kier alpha value is -1.84. The molecule has 2 N–H and O–H groups in total. The molecule has 3 rings (SSSR count). The number of aromatic nitrogens is 3. The Kier molecular flexibility index (Phi) is 5.45. The number of rotatable bonds is 5. The predicted molar refractivity (Wildman–Crippen MR) is 101 cm³/mol. The molecule has 3 aromatic rings. The molecule has 0 aliphatic heterocycles. The van der Waals surface area contributed by atoms with E-state index in [4.69, 9.17) is 12.2 Å². The number of carbonyl (C=O) groups is 1. The second kappa shape index (κ2) is 7.59. The molecule has 0 spiro atoms. The molecule has 1 unspecified atom stereocenters. The van der Waals surface area contributed by atoms with Crippen molar-refractivity contribution >= 4 is 45.4 Å². The summed E-state index contributed by atoms with van der Waals surface area (Å²) in [6.07, 6.45) is 0. The minimum Gasteiger partial charge on any atom is -0.350 e. The average Bonchev–Trinajstić information content (AvgIpc) is 3.24. The fourth-order valence-electron chi connectivity index (χ4n) is 2.37. The standard InChI is InChI=1S/C16H14BrFN4OS2/c1-9(15(23)19-8-10-7-11(18)4-5-12(10)17)22-14(20-21-16(22)24)13-3-2-6-25-13/h2-7,9H,8H2,1H3,(H,19,23)(H,21,24). The summed E-state index contributed by atoms with van der Waals surface area (Å²) in [4.78, 5) is 13.5. The van der Waals surface area contributed by atoms with E-state index >= 15 is 0 Å². The molecule has 1 atom stereocenters. The lowest BCUT2D eigenvalue weighted by molar-refractivity contribution is -0.124. The molecule has 1 aromatic carbocycles. The van der Waals surface area contributed by atoms with Crippen LogP contribution < -0.4 is 5.32 Å². The van der Waals surface area contributed by atoms with Gasteiger partial charge in [-0.2, -0.15) is 5.10 Å². The van der Waals surface area contributed by atoms with Crippen molar-refractivity contribution < 1.29 is 9.18 Å². The van der Waals surface area contributed by atoms with Crippen molar-refractivity contribution in [2.75, 3.05) is 0 Å². The Morgan fingerprint density at radius 2 is 2.32 bits per heavy atom. The first-order chi connectivity index (χ1) is 12.0. The van der Waals surface area contributed by atoms with Gasteiger partial charge in [-0.05, 0) is 54.4 Å². The molecule has 130 valence electrons. The van der Waals surface area contributed by atoms with Gasteiger partial charge in [0.1, 0.15) is 11.9 Å². The lowest BCUT2D eigenvalue weighted by atomic mass is 10.2. The molecule has 2 heterocycles. The number of hydrogen-bond donors (Lipinski definition) is 2. The summed E-state index contributed by atoms with van der Waals surface area (Å²) < 4.78 is 16.1. The molecule has 9 heteroatoms. The maximum absolute atomic E-state index is 13.4. The van der Waals surface area contributed by atoms with Gasteiger partial charge in [-0.25, -0.2) is 4.39 Å². The van der Waals surface area contributed by atoms with Crippen LogP contribution in [0.25, 0.3) is 10.7 Å². The molecular formula is C16H14BrFN4OS2. The van der Waals surface area contributed by atoms with Gasteiger partial charge >= 0.3 is 0 Å². The Labute approximate surface area is 161 Å². The normalized spacial score (nSPS) is 12.1. The highest BCUT2D eigenvalue weighted by Crippen LogP contribution is 2.25. The zero-order chi connectivity index (χ0) is 18.0. The van der Waals surface area contributed by atoms with Crippen molar-refractivity contribution in [2.45, 2.75) is 19.5 Å². The van der Waals surface area contributed by atoms with Gasteiger partial charge < -0.3 is 5.32 Å². The van der Waals surface area contributed by atoms with Crippen LogP contribution in [-0.4, -0.2) is 20.7 Å². The first-order valence-electron chi connectivity index (χ1n) is 7.40. The van der Waals surface area contributed by atoms with Gasteiger partial charge in [0.05, 0.1) is 4.88 Å². The monoisotopic (exact) mass is 440 g/mol. The van der Waals surface area contributed by atoms with E-state index in [1.165, 1.54) is 23.5 Å². The van der Waals surface area contributed by atoms with Crippen LogP contribution in [0.3, 0.4) is 0 Å². The summed E-state index contributed by atoms with van der Waals surface area (Å²) in [6, 6.07) is 7.62. The minimum atomic E-state index is -0.560. The number of hydrogen-bond acceptors (Lipinski definition) is 4. The van der Waals surface area contributed by atoms with Gasteiger partial charge in [-0.3, -0.25) is 14.5 Å². The van der Waals surface area contributed by atoms with E-state index < -0.39 is 6.04 Å². The Morgan fingerprint density at radius 1 is 1.52 bits per heavy atom. The van der Waals surface area contributed by atoms with Gasteiger partial charge in [0.2, 0.25) is 5.91 Å². The fourth-order valence-corrected chi connectivity index (χ4v) is 3.76. The summed E-state index contributed by atoms with van der Waals surface area (Å²) in [5.41, 5.74) is 0.662. The second-order valence-electron chi connectivity index (χ2n) is 5.33. The molecule has 0 fully saturated rings. The molecule has 2 aromatic heterocycles. The maximum atomic E-state index is 13.4. The second-order valence-corrected chi connectivity index (χ2v) is 7.52. The smallest absolute Gasteiger partial charge is 0.243 e. The number of nitrogens with zero attached hydrogens (tertiary/aromatic N) is 2. The molecule has 25 heavy (non-hydrogen) atoms. The van der Waals surface area contributed by atoms with Gasteiger partial charge in [-0.1, -0.05) is 22.0 Å². The molecule has 0 radical (unpaired) electrons. The molecule has 0 saturated carbocycles. The Morgan fingerprint density at radius 3 is 3.04 bits per heavy atom. The summed E-state index contributed by atoms with van der Waals surface area (Å²) in [5.74, 6) is 0.0404. The molecule has 1 amide bonds. The Balaban J connectivity index is 1.78. The highest BCUT2D eigenvalue weighted by molar-refractivity contribution is 9.10. The van der Waals surface area contributed by atoms with Crippen molar-refractivity contribution in [1.82, 2.24) is 20.1 Å². The highest BCUT2D eigenvalue weighted by atomic mass is 79.9. The summed E-state index contributed by atoms with van der Waals surface area (Å²) in [6.45, 7) is 1.96.